The molecule has 0 amide bonds. The van der Waals surface area contributed by atoms with Crippen LogP contribution in [0.25, 0.3) is 33.5 Å². The first-order chi connectivity index (χ1) is 25.5. The van der Waals surface area contributed by atoms with Crippen molar-refractivity contribution in [1.29, 1.82) is 0 Å². The van der Waals surface area contributed by atoms with Crippen LogP contribution in [0.4, 0.5) is 4.79 Å². The van der Waals surface area contributed by atoms with E-state index >= 15 is 0 Å². The van der Waals surface area contributed by atoms with E-state index in [2.05, 4.69) is 35.3 Å². The van der Waals surface area contributed by atoms with E-state index in [1.165, 1.54) is 13.8 Å². The van der Waals surface area contributed by atoms with Crippen LogP contribution in [0.3, 0.4) is 0 Å². The predicted molar refractivity (Wildman–Crippen MR) is 181 cm³/mol. The number of nitrogens with one attached hydrogen (secondary N) is 1. The number of esters is 1. The fourth-order valence-electron chi connectivity index (χ4n) is 5.43. The average molecular weight is 735 g/mol. The summed E-state index contributed by atoms with van der Waals surface area (Å²) in [5.41, 5.74) is 4.58. The van der Waals surface area contributed by atoms with Gasteiger partial charge in [-0.2, -0.15) is 10.2 Å². The van der Waals surface area contributed by atoms with Crippen molar-refractivity contribution < 1.29 is 48.4 Å². The highest BCUT2D eigenvalue weighted by Gasteiger charge is 2.26. The van der Waals surface area contributed by atoms with Crippen LogP contribution >= 0.6 is 0 Å². The number of para-hydroxylation sites is 1. The van der Waals surface area contributed by atoms with E-state index in [4.69, 9.17) is 18.9 Å². The summed E-state index contributed by atoms with van der Waals surface area (Å²) in [7, 11) is 0. The van der Waals surface area contributed by atoms with E-state index in [-0.39, 0.29) is 37.6 Å². The number of nitrogens with zero attached hydrogens (tertiary/aromatic N) is 7. The number of carbonyl (C=O) groups excluding carboxylic acids is 2. The molecule has 2 heterocycles. The maximum Gasteiger partial charge on any atom is 0.511 e. The Balaban J connectivity index is 1.24. The lowest BCUT2D eigenvalue weighted by Crippen LogP contribution is -2.33. The first-order valence-corrected chi connectivity index (χ1v) is 16.2. The van der Waals surface area contributed by atoms with Crippen LogP contribution in [0.5, 0.6) is 6.01 Å². The predicted octanol–water partition coefficient (Wildman–Crippen LogP) is 4.94. The zero-order valence-electron chi connectivity index (χ0n) is 28.6. The molecule has 3 aromatic carbocycles. The Hall–Kier alpha value is -6.86. The van der Waals surface area contributed by atoms with Crippen molar-refractivity contribution in [3.63, 3.8) is 0 Å². The summed E-state index contributed by atoms with van der Waals surface area (Å²) in [5, 5.41) is 33.5. The maximum absolute atomic E-state index is 13.4. The van der Waals surface area contributed by atoms with Gasteiger partial charge in [0, 0.05) is 12.5 Å². The second-order valence-corrected chi connectivity index (χ2v) is 11.3. The van der Waals surface area contributed by atoms with Crippen LogP contribution in [-0.2, 0) is 30.4 Å². The van der Waals surface area contributed by atoms with Gasteiger partial charge >= 0.3 is 12.1 Å². The maximum atomic E-state index is 13.4. The molecule has 0 saturated heterocycles. The number of aromatic nitrogens is 6. The smallest absolute Gasteiger partial charge is 0.465 e. The molecular weight excluding hydrogens is 700 g/mol. The minimum atomic E-state index is -1.38. The molecule has 0 saturated carbocycles. The number of carbonyl (C=O) groups is 2. The van der Waals surface area contributed by atoms with Crippen LogP contribution in [-0.4, -0.2) is 84.2 Å². The Labute approximate surface area is 300 Å². The van der Waals surface area contributed by atoms with Gasteiger partial charge < -0.3 is 28.6 Å². The zero-order valence-corrected chi connectivity index (χ0v) is 28.6. The Kier molecular flexibility index (Phi) is 12.3. The number of tetrazole rings is 1. The molecule has 2 aromatic heterocycles. The zero-order chi connectivity index (χ0) is 37.9. The fraction of sp³-hybridized carbons (Fsp3) is 0.333. The highest BCUT2D eigenvalue weighted by atomic mass is 17.0. The van der Waals surface area contributed by atoms with Crippen molar-refractivity contribution in [2.75, 3.05) is 13.2 Å². The molecule has 1 N–H and O–H groups in total. The second kappa shape index (κ2) is 17.4. The number of rotatable bonds is 18. The van der Waals surface area contributed by atoms with Crippen molar-refractivity contribution in [3.8, 4) is 28.5 Å². The van der Waals surface area contributed by atoms with E-state index in [1.54, 1.807) is 22.8 Å². The number of ether oxygens (including phenoxy) is 4. The third-order valence-corrected chi connectivity index (χ3v) is 7.73. The van der Waals surface area contributed by atoms with Crippen LogP contribution in [0.2, 0.25) is 0 Å². The molecular formula is C33H34N8O12. The summed E-state index contributed by atoms with van der Waals surface area (Å²) >= 11 is 0. The van der Waals surface area contributed by atoms with Crippen LogP contribution < -0.4 is 4.74 Å². The first kappa shape index (κ1) is 37.4. The largest absolute Gasteiger partial charge is 0.511 e. The number of hydrogen-bond acceptors (Lipinski definition) is 16. The number of fused-ring (bicyclic) bond motifs is 1. The molecule has 3 atom stereocenters. The summed E-state index contributed by atoms with van der Waals surface area (Å²) in [6.45, 7) is 4.68. The van der Waals surface area contributed by atoms with Crippen LogP contribution in [0.15, 0.2) is 66.7 Å². The monoisotopic (exact) mass is 734 g/mol. The number of aromatic amines is 1. The lowest BCUT2D eigenvalue weighted by molar-refractivity contribution is -0.798. The molecule has 20 heteroatoms. The number of imidazole rings is 1. The summed E-state index contributed by atoms with van der Waals surface area (Å²) in [6.07, 6.45) is -5.22. The standard InChI is InChI=1S/C33H34N8O12/c1-4-48-32-34-27-12-7-11-26(31(42)50-21(3)51-33(43)49-18-8-13-28(53-41(46)47)20(2)52-40(44)45)29(27)39(32)19-22-14-16-23(17-15-22)24-9-5-6-10-25(24)30-35-37-38-36-30/h5-7,9-12,14-17,20-21,28H,4,8,13,18-19H2,1-3H3,(H,35,36,37,38)/t20-,21?,28?/m1/s1. The van der Waals surface area contributed by atoms with E-state index in [9.17, 15) is 29.8 Å². The average Bonchev–Trinajstić information content (AvgIpc) is 3.78. The minimum absolute atomic E-state index is 0.0115. The fourth-order valence-corrected chi connectivity index (χ4v) is 5.43. The second-order valence-electron chi connectivity index (χ2n) is 11.3. The Morgan fingerprint density at radius 1 is 0.925 bits per heavy atom. The van der Waals surface area contributed by atoms with E-state index in [0.29, 0.717) is 23.5 Å². The molecule has 0 radical (unpaired) electrons. The van der Waals surface area contributed by atoms with Crippen molar-refractivity contribution in [2.45, 2.75) is 58.7 Å². The van der Waals surface area contributed by atoms with Crippen molar-refractivity contribution in [2.24, 2.45) is 0 Å². The lowest BCUT2D eigenvalue weighted by atomic mass is 9.98. The van der Waals surface area contributed by atoms with E-state index in [1.807, 2.05) is 55.5 Å². The molecule has 0 fully saturated rings. The molecule has 5 rings (SSSR count). The van der Waals surface area contributed by atoms with Gasteiger partial charge in [0.05, 0.1) is 36.4 Å². The van der Waals surface area contributed by atoms with Crippen molar-refractivity contribution in [1.82, 2.24) is 30.2 Å². The van der Waals surface area contributed by atoms with Gasteiger partial charge in [-0.3, -0.25) is 4.57 Å². The molecule has 53 heavy (non-hydrogen) atoms. The highest BCUT2D eigenvalue weighted by Crippen LogP contribution is 2.31. The van der Waals surface area contributed by atoms with Gasteiger partial charge in [-0.05, 0) is 60.7 Å². The van der Waals surface area contributed by atoms with E-state index in [0.717, 1.165) is 22.3 Å². The topological polar surface area (TPSA) is 248 Å². The Bertz CT molecular complexity index is 2040. The summed E-state index contributed by atoms with van der Waals surface area (Å²) in [4.78, 5) is 60.4. The lowest BCUT2D eigenvalue weighted by Gasteiger charge is -2.20. The van der Waals surface area contributed by atoms with Gasteiger partial charge in [0.15, 0.2) is 0 Å². The van der Waals surface area contributed by atoms with E-state index < -0.39 is 40.8 Å². The van der Waals surface area contributed by atoms with Gasteiger partial charge in [0.2, 0.25) is 12.1 Å². The Morgan fingerprint density at radius 2 is 1.66 bits per heavy atom. The molecule has 0 bridgehead atoms. The van der Waals surface area contributed by atoms with Gasteiger partial charge in [-0.1, -0.05) is 54.6 Å². The SMILES string of the molecule is CCOc1nc2cccc(C(=O)OC(C)OC(=O)OCCCC(O[N+](=O)[O-])[C@@H](C)O[N+](=O)[O-])c2n1Cc1ccc(-c2ccccc2-c2nn[nH]n2)cc1. The molecule has 0 aliphatic carbocycles. The molecule has 20 nitrogen and oxygen atoms in total. The summed E-state index contributed by atoms with van der Waals surface area (Å²) in [6, 6.07) is 20.7. The minimum Gasteiger partial charge on any atom is -0.465 e. The molecule has 0 aliphatic heterocycles. The quantitative estimate of drug-likeness (QED) is 0.0411. The number of benzene rings is 3. The third-order valence-electron chi connectivity index (χ3n) is 7.73. The van der Waals surface area contributed by atoms with Crippen LogP contribution in [0, 0.1) is 20.2 Å². The molecule has 2 unspecified atom stereocenters. The number of H-pyrrole nitrogens is 1. The van der Waals surface area contributed by atoms with Gasteiger partial charge in [-0.15, -0.1) is 30.4 Å². The Morgan fingerprint density at radius 3 is 2.34 bits per heavy atom. The van der Waals surface area contributed by atoms with Crippen molar-refractivity contribution >= 4 is 23.2 Å². The third kappa shape index (κ3) is 9.68. The number of hydrogen-bond donors (Lipinski definition) is 1. The summed E-state index contributed by atoms with van der Waals surface area (Å²) in [5.74, 6) is -0.342. The molecule has 0 aliphatic rings. The molecule has 0 spiro atoms. The molecule has 278 valence electrons. The molecule has 5 aromatic rings. The summed E-state index contributed by atoms with van der Waals surface area (Å²) < 4.78 is 23.0. The van der Waals surface area contributed by atoms with Gasteiger partial charge in [0.1, 0.15) is 12.2 Å². The van der Waals surface area contributed by atoms with Crippen molar-refractivity contribution in [3.05, 3.63) is 98.1 Å². The van der Waals surface area contributed by atoms with Crippen LogP contribution in [0.1, 0.15) is 49.5 Å². The highest BCUT2D eigenvalue weighted by molar-refractivity contribution is 6.02. The van der Waals surface area contributed by atoms with Gasteiger partial charge in [0.25, 0.3) is 16.2 Å². The first-order valence-electron chi connectivity index (χ1n) is 16.2. The van der Waals surface area contributed by atoms with Gasteiger partial charge in [-0.25, -0.2) is 9.59 Å². The normalized spacial score (nSPS) is 12.7.